The molecule has 12 heteroatoms. The van der Waals surface area contributed by atoms with Crippen molar-refractivity contribution in [1.29, 1.82) is 0 Å². The van der Waals surface area contributed by atoms with E-state index < -0.39 is 23.7 Å². The van der Waals surface area contributed by atoms with Gasteiger partial charge in [-0.05, 0) is 31.9 Å². The van der Waals surface area contributed by atoms with Gasteiger partial charge in [0.1, 0.15) is 0 Å². The molecule has 6 nitrogen and oxygen atoms in total. The zero-order valence-electron chi connectivity index (χ0n) is 15.8. The van der Waals surface area contributed by atoms with Crippen molar-refractivity contribution in [2.24, 2.45) is 0 Å². The molecular weight excluding hydrogens is 394 g/mol. The van der Waals surface area contributed by atoms with E-state index >= 15 is 0 Å². The fourth-order valence-corrected chi connectivity index (χ4v) is 1.58. The maximum Gasteiger partial charge on any atom is 0.435 e. The Morgan fingerprint density at radius 3 is 1.36 bits per heavy atom. The molecule has 0 aliphatic carbocycles. The number of hydrogen-bond donors (Lipinski definition) is 2. The van der Waals surface area contributed by atoms with Gasteiger partial charge in [0.2, 0.25) is 0 Å². The van der Waals surface area contributed by atoms with Gasteiger partial charge in [-0.2, -0.15) is 36.5 Å². The zero-order chi connectivity index (χ0) is 22.0. The van der Waals surface area contributed by atoms with E-state index in [1.807, 2.05) is 0 Å². The van der Waals surface area contributed by atoms with Crippen LogP contribution in [0.2, 0.25) is 0 Å². The van der Waals surface area contributed by atoms with Gasteiger partial charge in [0.05, 0.1) is 6.61 Å². The Morgan fingerprint density at radius 1 is 0.893 bits per heavy atom. The number of halogens is 6. The van der Waals surface area contributed by atoms with E-state index in [1.54, 1.807) is 20.8 Å². The highest BCUT2D eigenvalue weighted by atomic mass is 19.4. The molecule has 0 radical (unpaired) electrons. The Bertz CT molecular complexity index is 654. The van der Waals surface area contributed by atoms with E-state index in [-0.39, 0.29) is 5.97 Å². The van der Waals surface area contributed by atoms with E-state index in [1.165, 1.54) is 6.92 Å². The van der Waals surface area contributed by atoms with Crippen molar-refractivity contribution in [2.75, 3.05) is 6.61 Å². The van der Waals surface area contributed by atoms with Crippen LogP contribution in [0.3, 0.4) is 0 Å². The number of esters is 1. The molecule has 0 fully saturated rings. The van der Waals surface area contributed by atoms with Crippen LogP contribution >= 0.6 is 0 Å². The van der Waals surface area contributed by atoms with Crippen LogP contribution in [0.1, 0.15) is 50.5 Å². The van der Waals surface area contributed by atoms with E-state index in [0.717, 1.165) is 12.1 Å². The highest BCUT2D eigenvalue weighted by molar-refractivity contribution is 5.65. The summed E-state index contributed by atoms with van der Waals surface area (Å²) >= 11 is 0. The van der Waals surface area contributed by atoms with Crippen molar-refractivity contribution in [1.82, 2.24) is 20.4 Å². The van der Waals surface area contributed by atoms with Crippen molar-refractivity contribution >= 4 is 5.97 Å². The summed E-state index contributed by atoms with van der Waals surface area (Å²) in [5.74, 6) is -0.211. The monoisotopic (exact) mass is 416 g/mol. The molecule has 160 valence electrons. The van der Waals surface area contributed by atoms with Crippen LogP contribution in [-0.4, -0.2) is 33.0 Å². The topological polar surface area (TPSA) is 83.7 Å². The summed E-state index contributed by atoms with van der Waals surface area (Å²) in [4.78, 5) is 9.82. The van der Waals surface area contributed by atoms with Gasteiger partial charge in [-0.1, -0.05) is 13.8 Å². The average Bonchev–Trinajstić information content (AvgIpc) is 3.24. The minimum Gasteiger partial charge on any atom is -0.466 e. The van der Waals surface area contributed by atoms with Crippen LogP contribution in [0, 0.1) is 0 Å². The highest BCUT2D eigenvalue weighted by Crippen LogP contribution is 2.28. The normalized spacial score (nSPS) is 11.1. The first-order valence-corrected chi connectivity index (χ1v) is 8.21. The molecule has 2 aromatic rings. The number of nitrogens with zero attached hydrogens (tertiary/aromatic N) is 2. The van der Waals surface area contributed by atoms with E-state index in [0.29, 0.717) is 30.8 Å². The first-order chi connectivity index (χ1) is 12.8. The number of H-pyrrole nitrogens is 2. The van der Waals surface area contributed by atoms with Crippen LogP contribution in [0.25, 0.3) is 0 Å². The van der Waals surface area contributed by atoms with Gasteiger partial charge < -0.3 is 4.74 Å². The third-order valence-corrected chi connectivity index (χ3v) is 2.95. The molecule has 2 rings (SSSR count). The first kappa shape index (κ1) is 25.5. The molecule has 0 saturated heterocycles. The number of aromatic amines is 2. The fourth-order valence-electron chi connectivity index (χ4n) is 1.58. The average molecular weight is 416 g/mol. The largest absolute Gasteiger partial charge is 0.466 e. The minimum absolute atomic E-state index is 0.211. The number of aryl methyl sites for hydroxylation is 2. The van der Waals surface area contributed by atoms with Crippen molar-refractivity contribution in [3.8, 4) is 0 Å². The molecule has 0 spiro atoms. The molecule has 2 aromatic heterocycles. The molecule has 0 aromatic carbocycles. The number of nitrogens with one attached hydrogen (secondary N) is 2. The van der Waals surface area contributed by atoms with Crippen molar-refractivity contribution in [2.45, 2.75) is 52.9 Å². The fraction of sp³-hybridized carbons (Fsp3) is 0.562. The van der Waals surface area contributed by atoms with Crippen molar-refractivity contribution in [3.63, 3.8) is 0 Å². The van der Waals surface area contributed by atoms with Crippen molar-refractivity contribution in [3.05, 3.63) is 34.9 Å². The van der Waals surface area contributed by atoms with E-state index in [4.69, 9.17) is 0 Å². The molecule has 0 atom stereocenters. The Labute approximate surface area is 157 Å². The maximum absolute atomic E-state index is 11.9. The third kappa shape index (κ3) is 9.97. The molecule has 0 saturated carbocycles. The number of ether oxygens (including phenoxy) is 1. The Hall–Kier alpha value is -2.53. The number of rotatable bonds is 3. The SMILES string of the molecule is CCOC(C)=O.CCc1cc(C(F)(F)F)n[nH]1.CCc1cc(C(F)(F)F)n[nH]1. The summed E-state index contributed by atoms with van der Waals surface area (Å²) in [5.41, 5.74) is -0.710. The quantitative estimate of drug-likeness (QED) is 0.568. The van der Waals surface area contributed by atoms with Crippen LogP contribution in [0.5, 0.6) is 0 Å². The van der Waals surface area contributed by atoms with Crippen molar-refractivity contribution < 1.29 is 35.9 Å². The lowest BCUT2D eigenvalue weighted by atomic mass is 10.3. The summed E-state index contributed by atoms with van der Waals surface area (Å²) in [6, 6.07) is 2.03. The van der Waals surface area contributed by atoms with Gasteiger partial charge in [0, 0.05) is 18.3 Å². The van der Waals surface area contributed by atoms with Gasteiger partial charge in [0.25, 0.3) is 0 Å². The van der Waals surface area contributed by atoms with Gasteiger partial charge in [-0.3, -0.25) is 15.0 Å². The lowest BCUT2D eigenvalue weighted by Gasteiger charge is -1.98. The molecule has 0 bridgehead atoms. The number of hydrogen-bond acceptors (Lipinski definition) is 4. The number of carbonyl (C=O) groups excluding carboxylic acids is 1. The lowest BCUT2D eigenvalue weighted by molar-refractivity contribution is -0.142. The summed E-state index contributed by atoms with van der Waals surface area (Å²) in [7, 11) is 0. The summed E-state index contributed by atoms with van der Waals surface area (Å²) < 4.78 is 75.5. The maximum atomic E-state index is 11.9. The second-order valence-electron chi connectivity index (χ2n) is 5.18. The summed E-state index contributed by atoms with van der Waals surface area (Å²) in [6.07, 6.45) is -7.60. The predicted octanol–water partition coefficient (Wildman–Crippen LogP) is 4.55. The smallest absolute Gasteiger partial charge is 0.435 e. The molecule has 2 heterocycles. The second-order valence-corrected chi connectivity index (χ2v) is 5.18. The summed E-state index contributed by atoms with van der Waals surface area (Å²) in [6.45, 7) is 7.17. The second kappa shape index (κ2) is 11.3. The molecular formula is C16H22F6N4O2. The van der Waals surface area contributed by atoms with Crippen LogP contribution < -0.4 is 0 Å². The third-order valence-electron chi connectivity index (χ3n) is 2.95. The van der Waals surface area contributed by atoms with Gasteiger partial charge in [-0.15, -0.1) is 0 Å². The minimum atomic E-state index is -4.33. The molecule has 0 unspecified atom stereocenters. The summed E-state index contributed by atoms with van der Waals surface area (Å²) in [5, 5.41) is 10.8. The lowest BCUT2D eigenvalue weighted by Crippen LogP contribution is -2.04. The Balaban J connectivity index is 0.000000411. The zero-order valence-corrected chi connectivity index (χ0v) is 15.8. The van der Waals surface area contributed by atoms with Crippen LogP contribution in [-0.2, 0) is 34.7 Å². The van der Waals surface area contributed by atoms with E-state index in [2.05, 4.69) is 25.1 Å². The molecule has 2 N–H and O–H groups in total. The number of alkyl halides is 6. The molecule has 0 aliphatic rings. The van der Waals surface area contributed by atoms with Gasteiger partial charge in [-0.25, -0.2) is 0 Å². The van der Waals surface area contributed by atoms with Crippen LogP contribution in [0.15, 0.2) is 12.1 Å². The standard InChI is InChI=1S/2C6H7F3N2.C4H8O2/c2*1-2-4-3-5(11-10-4)6(7,8)9;1-3-6-4(2)5/h2*3H,2H2,1H3,(H,10,11);3H2,1-2H3. The Morgan fingerprint density at radius 2 is 1.25 bits per heavy atom. The predicted molar refractivity (Wildman–Crippen MR) is 88.2 cm³/mol. The first-order valence-electron chi connectivity index (χ1n) is 8.21. The van der Waals surface area contributed by atoms with Gasteiger partial charge >= 0.3 is 18.3 Å². The number of carbonyl (C=O) groups is 1. The molecule has 28 heavy (non-hydrogen) atoms. The molecule has 0 aliphatic heterocycles. The number of aromatic nitrogens is 4. The molecule has 0 amide bonds. The van der Waals surface area contributed by atoms with Crippen LogP contribution in [0.4, 0.5) is 26.3 Å². The highest BCUT2D eigenvalue weighted by Gasteiger charge is 2.34. The van der Waals surface area contributed by atoms with Gasteiger partial charge in [0.15, 0.2) is 11.4 Å². The van der Waals surface area contributed by atoms with E-state index in [9.17, 15) is 31.1 Å². The Kier molecular flexibility index (Phi) is 10.3.